The van der Waals surface area contributed by atoms with Crippen LogP contribution in [0.15, 0.2) is 17.5 Å². The highest BCUT2D eigenvalue weighted by atomic mass is 32.1. The minimum absolute atomic E-state index is 0.155. The number of thiophene rings is 1. The van der Waals surface area contributed by atoms with Crippen molar-refractivity contribution in [2.75, 3.05) is 13.6 Å². The first-order chi connectivity index (χ1) is 9.43. The first-order valence-electron chi connectivity index (χ1n) is 7.88. The van der Waals surface area contributed by atoms with Crippen LogP contribution in [0, 0.1) is 5.41 Å². The maximum atomic E-state index is 6.29. The van der Waals surface area contributed by atoms with Crippen LogP contribution in [0.1, 0.15) is 51.3 Å². The van der Waals surface area contributed by atoms with Gasteiger partial charge in [0.1, 0.15) is 0 Å². The lowest BCUT2D eigenvalue weighted by atomic mass is 9.62. The zero-order valence-corrected chi connectivity index (χ0v) is 14.3. The lowest BCUT2D eigenvalue weighted by Crippen LogP contribution is -2.64. The van der Waals surface area contributed by atoms with Gasteiger partial charge in [-0.05, 0) is 50.1 Å². The van der Waals surface area contributed by atoms with Crippen LogP contribution in [0.25, 0.3) is 0 Å². The number of likely N-dealkylation sites (N-methyl/N-ethyl adjacent to an activating group) is 1. The van der Waals surface area contributed by atoms with E-state index in [1.54, 1.807) is 0 Å². The molecule has 20 heavy (non-hydrogen) atoms. The van der Waals surface area contributed by atoms with E-state index >= 15 is 0 Å². The quantitative estimate of drug-likeness (QED) is 0.892. The Labute approximate surface area is 128 Å². The summed E-state index contributed by atoms with van der Waals surface area (Å²) in [4.78, 5) is 4.07. The second kappa shape index (κ2) is 6.17. The fourth-order valence-electron chi connectivity index (χ4n) is 4.01. The van der Waals surface area contributed by atoms with E-state index < -0.39 is 0 Å². The molecule has 0 spiro atoms. The van der Waals surface area contributed by atoms with E-state index in [-0.39, 0.29) is 5.54 Å². The van der Waals surface area contributed by atoms with Gasteiger partial charge in [-0.2, -0.15) is 0 Å². The molecule has 1 aromatic rings. The van der Waals surface area contributed by atoms with Crippen molar-refractivity contribution in [1.82, 2.24) is 4.90 Å². The molecule has 3 heteroatoms. The average molecular weight is 295 g/mol. The van der Waals surface area contributed by atoms with E-state index in [0.717, 1.165) is 13.0 Å². The second-order valence-electron chi connectivity index (χ2n) is 7.07. The number of nitrogens with zero attached hydrogens (tertiary/aromatic N) is 1. The van der Waals surface area contributed by atoms with Gasteiger partial charge < -0.3 is 5.73 Å². The molecule has 2 atom stereocenters. The number of rotatable bonds is 5. The van der Waals surface area contributed by atoms with E-state index in [2.05, 4.69) is 50.2 Å². The predicted molar refractivity (Wildman–Crippen MR) is 89.3 cm³/mol. The SMILES string of the molecule is CC(Cc1cccs1)N(C)C1(CN)CCCCC1(C)C. The molecule has 2 nitrogen and oxygen atoms in total. The Morgan fingerprint density at radius 1 is 1.35 bits per heavy atom. The highest BCUT2D eigenvalue weighted by molar-refractivity contribution is 7.09. The number of hydrogen-bond acceptors (Lipinski definition) is 3. The maximum absolute atomic E-state index is 6.29. The molecule has 1 saturated carbocycles. The molecular formula is C17H30N2S. The van der Waals surface area contributed by atoms with E-state index in [1.165, 1.54) is 30.6 Å². The Hall–Kier alpha value is -0.380. The van der Waals surface area contributed by atoms with Gasteiger partial charge in [0.05, 0.1) is 0 Å². The summed E-state index contributed by atoms with van der Waals surface area (Å²) < 4.78 is 0. The Balaban J connectivity index is 2.17. The van der Waals surface area contributed by atoms with E-state index in [4.69, 9.17) is 5.73 Å². The van der Waals surface area contributed by atoms with Gasteiger partial charge in [-0.3, -0.25) is 4.90 Å². The van der Waals surface area contributed by atoms with Crippen LogP contribution in [0.3, 0.4) is 0 Å². The minimum Gasteiger partial charge on any atom is -0.329 e. The van der Waals surface area contributed by atoms with Crippen molar-refractivity contribution < 1.29 is 0 Å². The molecule has 114 valence electrons. The topological polar surface area (TPSA) is 29.3 Å². The summed E-state index contributed by atoms with van der Waals surface area (Å²) in [6.07, 6.45) is 6.33. The summed E-state index contributed by atoms with van der Waals surface area (Å²) in [5.41, 5.74) is 6.75. The Bertz CT molecular complexity index is 413. The van der Waals surface area contributed by atoms with Crippen molar-refractivity contribution in [3.63, 3.8) is 0 Å². The normalized spacial score (nSPS) is 27.7. The van der Waals surface area contributed by atoms with Crippen molar-refractivity contribution in [2.24, 2.45) is 11.1 Å². The molecule has 0 bridgehead atoms. The van der Waals surface area contributed by atoms with Crippen LogP contribution in [-0.4, -0.2) is 30.1 Å². The zero-order chi connectivity index (χ0) is 14.8. The molecule has 2 rings (SSSR count). The van der Waals surface area contributed by atoms with Gasteiger partial charge in [0, 0.05) is 23.0 Å². The van der Waals surface area contributed by atoms with Crippen LogP contribution in [0.2, 0.25) is 0 Å². The van der Waals surface area contributed by atoms with Crippen molar-refractivity contribution >= 4 is 11.3 Å². The molecule has 0 saturated heterocycles. The third-order valence-corrected chi connectivity index (χ3v) is 6.55. The molecule has 0 aliphatic heterocycles. The number of nitrogens with two attached hydrogens (primary N) is 1. The molecule has 1 fully saturated rings. The first-order valence-corrected chi connectivity index (χ1v) is 8.76. The molecule has 0 radical (unpaired) electrons. The number of hydrogen-bond donors (Lipinski definition) is 1. The summed E-state index contributed by atoms with van der Waals surface area (Å²) in [7, 11) is 2.29. The summed E-state index contributed by atoms with van der Waals surface area (Å²) >= 11 is 1.86. The highest BCUT2D eigenvalue weighted by Gasteiger charge is 2.49. The standard InChI is InChI=1S/C17H30N2S/c1-14(12-15-8-7-11-20-15)19(4)17(13-18)10-6-5-9-16(17,2)3/h7-8,11,14H,5-6,9-10,12-13,18H2,1-4H3. The molecule has 1 aliphatic carbocycles. The van der Waals surface area contributed by atoms with Crippen LogP contribution in [0.5, 0.6) is 0 Å². The molecule has 1 aliphatic rings. The van der Waals surface area contributed by atoms with Gasteiger partial charge in [-0.25, -0.2) is 0 Å². The lowest BCUT2D eigenvalue weighted by molar-refractivity contribution is -0.0479. The molecule has 2 N–H and O–H groups in total. The third-order valence-electron chi connectivity index (χ3n) is 5.65. The summed E-state index contributed by atoms with van der Waals surface area (Å²) in [6.45, 7) is 7.94. The largest absolute Gasteiger partial charge is 0.329 e. The van der Waals surface area contributed by atoms with Crippen molar-refractivity contribution in [3.8, 4) is 0 Å². The Morgan fingerprint density at radius 2 is 2.05 bits per heavy atom. The first kappa shape index (κ1) is 16.0. The average Bonchev–Trinajstić information content (AvgIpc) is 2.90. The monoisotopic (exact) mass is 294 g/mol. The summed E-state index contributed by atoms with van der Waals surface area (Å²) in [6, 6.07) is 4.93. The van der Waals surface area contributed by atoms with Crippen molar-refractivity contribution in [2.45, 2.75) is 64.5 Å². The van der Waals surface area contributed by atoms with Gasteiger partial charge >= 0.3 is 0 Å². The van der Waals surface area contributed by atoms with Crippen LogP contribution in [-0.2, 0) is 6.42 Å². The highest BCUT2D eigenvalue weighted by Crippen LogP contribution is 2.47. The van der Waals surface area contributed by atoms with E-state index in [9.17, 15) is 0 Å². The zero-order valence-electron chi connectivity index (χ0n) is 13.5. The second-order valence-corrected chi connectivity index (χ2v) is 8.10. The molecule has 1 heterocycles. The van der Waals surface area contributed by atoms with Crippen molar-refractivity contribution in [3.05, 3.63) is 22.4 Å². The molecule has 0 aromatic carbocycles. The molecule has 2 unspecified atom stereocenters. The molecular weight excluding hydrogens is 264 g/mol. The van der Waals surface area contributed by atoms with Gasteiger partial charge in [-0.15, -0.1) is 11.3 Å². The Morgan fingerprint density at radius 3 is 2.60 bits per heavy atom. The van der Waals surface area contributed by atoms with Crippen molar-refractivity contribution in [1.29, 1.82) is 0 Å². The van der Waals surface area contributed by atoms with E-state index in [1.807, 2.05) is 11.3 Å². The van der Waals surface area contributed by atoms with Crippen LogP contribution < -0.4 is 5.73 Å². The third kappa shape index (κ3) is 2.81. The molecule has 0 amide bonds. The van der Waals surface area contributed by atoms with Crippen LogP contribution in [0.4, 0.5) is 0 Å². The summed E-state index contributed by atoms with van der Waals surface area (Å²) in [5.74, 6) is 0. The van der Waals surface area contributed by atoms with Gasteiger partial charge in [0.15, 0.2) is 0 Å². The Kier molecular flexibility index (Phi) is 4.93. The molecule has 1 aromatic heterocycles. The predicted octanol–water partition coefficient (Wildman–Crippen LogP) is 3.91. The lowest BCUT2D eigenvalue weighted by Gasteiger charge is -2.56. The minimum atomic E-state index is 0.155. The van der Waals surface area contributed by atoms with Crippen LogP contribution >= 0.6 is 11.3 Å². The van der Waals surface area contributed by atoms with Gasteiger partial charge in [0.25, 0.3) is 0 Å². The fourth-order valence-corrected chi connectivity index (χ4v) is 4.84. The maximum Gasteiger partial charge on any atom is 0.0382 e. The fraction of sp³-hybridized carbons (Fsp3) is 0.765. The van der Waals surface area contributed by atoms with Gasteiger partial charge in [0.2, 0.25) is 0 Å². The summed E-state index contributed by atoms with van der Waals surface area (Å²) in [5, 5.41) is 2.17. The smallest absolute Gasteiger partial charge is 0.0382 e. The van der Waals surface area contributed by atoms with Gasteiger partial charge in [-0.1, -0.05) is 32.8 Å². The van der Waals surface area contributed by atoms with E-state index in [0.29, 0.717) is 11.5 Å².